The van der Waals surface area contributed by atoms with Gasteiger partial charge in [-0.2, -0.15) is 0 Å². The lowest BCUT2D eigenvalue weighted by Gasteiger charge is -2.13. The number of benzene rings is 1. The standard InChI is InChI=1S/C20H25N3O4/c1-13(2)10-11-27-17-9-8-15(12-18(17)26-4)19(24)22-23-20(25)16-7-5-6-14(3)21-16/h5-9,12-13H,10-11H2,1-4H3,(H,22,24)(H,23,25). The number of hydrogen-bond donors (Lipinski definition) is 2. The number of aryl methyl sites for hydroxylation is 1. The van der Waals surface area contributed by atoms with Gasteiger partial charge in [-0.1, -0.05) is 19.9 Å². The minimum Gasteiger partial charge on any atom is -0.493 e. The van der Waals surface area contributed by atoms with Crippen molar-refractivity contribution in [2.75, 3.05) is 13.7 Å². The number of carbonyl (C=O) groups is 2. The molecule has 7 nitrogen and oxygen atoms in total. The van der Waals surface area contributed by atoms with E-state index in [0.29, 0.717) is 35.3 Å². The number of pyridine rings is 1. The maximum absolute atomic E-state index is 12.3. The van der Waals surface area contributed by atoms with Crippen LogP contribution in [0.25, 0.3) is 0 Å². The van der Waals surface area contributed by atoms with Crippen molar-refractivity contribution in [3.8, 4) is 11.5 Å². The molecule has 2 aromatic rings. The van der Waals surface area contributed by atoms with E-state index in [9.17, 15) is 9.59 Å². The molecule has 27 heavy (non-hydrogen) atoms. The molecule has 2 rings (SSSR count). The third kappa shape index (κ3) is 5.99. The topological polar surface area (TPSA) is 89.6 Å². The molecule has 2 amide bonds. The van der Waals surface area contributed by atoms with Crippen LogP contribution in [0, 0.1) is 12.8 Å². The van der Waals surface area contributed by atoms with Crippen molar-refractivity contribution in [2.45, 2.75) is 27.2 Å². The Morgan fingerprint density at radius 3 is 2.48 bits per heavy atom. The number of methoxy groups -OCH3 is 1. The van der Waals surface area contributed by atoms with Crippen LogP contribution in [0.4, 0.5) is 0 Å². The van der Waals surface area contributed by atoms with Gasteiger partial charge in [0.25, 0.3) is 11.8 Å². The molecule has 7 heteroatoms. The summed E-state index contributed by atoms with van der Waals surface area (Å²) in [5.41, 5.74) is 5.99. The van der Waals surface area contributed by atoms with Gasteiger partial charge in [0.15, 0.2) is 11.5 Å². The molecule has 0 saturated carbocycles. The van der Waals surface area contributed by atoms with E-state index in [-0.39, 0.29) is 5.69 Å². The normalized spacial score (nSPS) is 10.4. The van der Waals surface area contributed by atoms with Gasteiger partial charge in [-0.15, -0.1) is 0 Å². The molecule has 0 fully saturated rings. The van der Waals surface area contributed by atoms with Gasteiger partial charge >= 0.3 is 0 Å². The van der Waals surface area contributed by atoms with E-state index >= 15 is 0 Å². The SMILES string of the molecule is COc1cc(C(=O)NNC(=O)c2cccc(C)n2)ccc1OCCC(C)C. The molecule has 144 valence electrons. The summed E-state index contributed by atoms with van der Waals surface area (Å²) in [5.74, 6) is 0.601. The van der Waals surface area contributed by atoms with Crippen LogP contribution in [-0.4, -0.2) is 30.5 Å². The fourth-order valence-corrected chi connectivity index (χ4v) is 2.25. The summed E-state index contributed by atoms with van der Waals surface area (Å²) in [6.07, 6.45) is 0.921. The second-order valence-electron chi connectivity index (χ2n) is 6.47. The number of aromatic nitrogens is 1. The Morgan fingerprint density at radius 2 is 1.81 bits per heavy atom. The minimum absolute atomic E-state index is 0.224. The molecule has 2 N–H and O–H groups in total. The fourth-order valence-electron chi connectivity index (χ4n) is 2.25. The summed E-state index contributed by atoms with van der Waals surface area (Å²) >= 11 is 0. The summed E-state index contributed by atoms with van der Waals surface area (Å²) < 4.78 is 11.0. The van der Waals surface area contributed by atoms with E-state index in [2.05, 4.69) is 29.7 Å². The molecule has 0 atom stereocenters. The molecular formula is C20H25N3O4. The van der Waals surface area contributed by atoms with Gasteiger partial charge in [-0.05, 0) is 49.6 Å². The Balaban J connectivity index is 1.98. The Bertz CT molecular complexity index is 806. The molecule has 1 heterocycles. The molecule has 1 aromatic heterocycles. The first-order chi connectivity index (χ1) is 12.9. The van der Waals surface area contributed by atoms with Gasteiger partial charge in [-0.25, -0.2) is 4.98 Å². The van der Waals surface area contributed by atoms with Gasteiger partial charge in [0, 0.05) is 11.3 Å². The van der Waals surface area contributed by atoms with Crippen molar-refractivity contribution in [3.05, 3.63) is 53.3 Å². The van der Waals surface area contributed by atoms with E-state index in [1.807, 2.05) is 0 Å². The third-order valence-electron chi connectivity index (χ3n) is 3.79. The highest BCUT2D eigenvalue weighted by Crippen LogP contribution is 2.28. The Labute approximate surface area is 159 Å². The van der Waals surface area contributed by atoms with E-state index in [1.54, 1.807) is 43.3 Å². The number of ether oxygens (including phenoxy) is 2. The van der Waals surface area contributed by atoms with E-state index in [0.717, 1.165) is 6.42 Å². The summed E-state index contributed by atoms with van der Waals surface area (Å²) in [6.45, 7) is 6.59. The average Bonchev–Trinajstić information content (AvgIpc) is 2.65. The number of amides is 2. The molecule has 0 radical (unpaired) electrons. The zero-order chi connectivity index (χ0) is 19.8. The fraction of sp³-hybridized carbons (Fsp3) is 0.350. The smallest absolute Gasteiger partial charge is 0.288 e. The molecular weight excluding hydrogens is 346 g/mol. The first-order valence-corrected chi connectivity index (χ1v) is 8.76. The van der Waals surface area contributed by atoms with Gasteiger partial charge in [-0.3, -0.25) is 20.4 Å². The van der Waals surface area contributed by atoms with Crippen LogP contribution in [0.5, 0.6) is 11.5 Å². The zero-order valence-corrected chi connectivity index (χ0v) is 16.0. The Kier molecular flexibility index (Phi) is 7.16. The van der Waals surface area contributed by atoms with Gasteiger partial charge in [0.2, 0.25) is 0 Å². The van der Waals surface area contributed by atoms with Gasteiger partial charge < -0.3 is 9.47 Å². The van der Waals surface area contributed by atoms with E-state index in [4.69, 9.17) is 9.47 Å². The molecule has 0 spiro atoms. The quantitative estimate of drug-likeness (QED) is 0.731. The van der Waals surface area contributed by atoms with Crippen LogP contribution in [0.1, 0.15) is 46.8 Å². The van der Waals surface area contributed by atoms with E-state index < -0.39 is 11.8 Å². The maximum Gasteiger partial charge on any atom is 0.288 e. The molecule has 0 unspecified atom stereocenters. The second-order valence-corrected chi connectivity index (χ2v) is 6.47. The Hall–Kier alpha value is -3.09. The van der Waals surface area contributed by atoms with Crippen molar-refractivity contribution in [1.29, 1.82) is 0 Å². The molecule has 0 aliphatic carbocycles. The highest BCUT2D eigenvalue weighted by molar-refractivity contribution is 5.98. The predicted molar refractivity (Wildman–Crippen MR) is 102 cm³/mol. The molecule has 0 bridgehead atoms. The number of hydrazine groups is 1. The zero-order valence-electron chi connectivity index (χ0n) is 16.0. The van der Waals surface area contributed by atoms with Crippen LogP contribution >= 0.6 is 0 Å². The molecule has 0 aliphatic rings. The van der Waals surface area contributed by atoms with E-state index in [1.165, 1.54) is 7.11 Å². The number of rotatable bonds is 7. The van der Waals surface area contributed by atoms with Crippen LogP contribution in [-0.2, 0) is 0 Å². The average molecular weight is 371 g/mol. The first kappa shape index (κ1) is 20.2. The third-order valence-corrected chi connectivity index (χ3v) is 3.79. The predicted octanol–water partition coefficient (Wildman–Crippen LogP) is 2.90. The first-order valence-electron chi connectivity index (χ1n) is 8.76. The second kappa shape index (κ2) is 9.56. The highest BCUT2D eigenvalue weighted by Gasteiger charge is 2.13. The van der Waals surface area contributed by atoms with Crippen LogP contribution in [0.3, 0.4) is 0 Å². The molecule has 0 saturated heterocycles. The Morgan fingerprint density at radius 1 is 1.07 bits per heavy atom. The van der Waals surface area contributed by atoms with Crippen LogP contribution in [0.15, 0.2) is 36.4 Å². The minimum atomic E-state index is -0.493. The summed E-state index contributed by atoms with van der Waals surface area (Å²) in [4.78, 5) is 28.4. The van der Waals surface area contributed by atoms with Crippen LogP contribution < -0.4 is 20.3 Å². The van der Waals surface area contributed by atoms with Crippen molar-refractivity contribution in [3.63, 3.8) is 0 Å². The number of carbonyl (C=O) groups excluding carboxylic acids is 2. The highest BCUT2D eigenvalue weighted by atomic mass is 16.5. The maximum atomic E-state index is 12.3. The lowest BCUT2D eigenvalue weighted by Crippen LogP contribution is -2.42. The van der Waals surface area contributed by atoms with Crippen molar-refractivity contribution < 1.29 is 19.1 Å². The number of nitrogens with zero attached hydrogens (tertiary/aromatic N) is 1. The summed E-state index contributed by atoms with van der Waals surface area (Å²) in [6, 6.07) is 9.93. The van der Waals surface area contributed by atoms with Gasteiger partial charge in [0.1, 0.15) is 5.69 Å². The molecule has 1 aromatic carbocycles. The summed E-state index contributed by atoms with van der Waals surface area (Å²) in [5, 5.41) is 0. The lowest BCUT2D eigenvalue weighted by molar-refractivity contribution is 0.0843. The number of nitrogens with one attached hydrogen (secondary N) is 2. The van der Waals surface area contributed by atoms with Crippen molar-refractivity contribution in [1.82, 2.24) is 15.8 Å². The summed E-state index contributed by atoms with van der Waals surface area (Å²) in [7, 11) is 1.51. The number of hydrogen-bond acceptors (Lipinski definition) is 5. The van der Waals surface area contributed by atoms with Crippen LogP contribution in [0.2, 0.25) is 0 Å². The lowest BCUT2D eigenvalue weighted by atomic mass is 10.1. The monoisotopic (exact) mass is 371 g/mol. The van der Waals surface area contributed by atoms with Crippen molar-refractivity contribution >= 4 is 11.8 Å². The molecule has 0 aliphatic heterocycles. The van der Waals surface area contributed by atoms with Gasteiger partial charge in [0.05, 0.1) is 13.7 Å². The van der Waals surface area contributed by atoms with Crippen molar-refractivity contribution in [2.24, 2.45) is 5.92 Å². The largest absolute Gasteiger partial charge is 0.493 e.